The van der Waals surface area contributed by atoms with Gasteiger partial charge in [0.1, 0.15) is 0 Å². The van der Waals surface area contributed by atoms with Crippen molar-refractivity contribution in [1.82, 2.24) is 5.32 Å². The first kappa shape index (κ1) is 14.7. The zero-order chi connectivity index (χ0) is 13.7. The molecule has 1 saturated heterocycles. The Morgan fingerprint density at radius 2 is 1.95 bits per heavy atom. The van der Waals surface area contributed by atoms with Crippen LogP contribution in [0.2, 0.25) is 0 Å². The van der Waals surface area contributed by atoms with Crippen molar-refractivity contribution in [2.75, 3.05) is 13.2 Å². The van der Waals surface area contributed by atoms with Crippen LogP contribution >= 0.6 is 12.2 Å². The third-order valence-corrected chi connectivity index (χ3v) is 4.51. The Labute approximate surface area is 120 Å². The number of carbonyl (C=O) groups is 1. The van der Waals surface area contributed by atoms with Crippen molar-refractivity contribution in [1.29, 1.82) is 0 Å². The molecule has 1 heterocycles. The summed E-state index contributed by atoms with van der Waals surface area (Å²) in [6, 6.07) is -0.135. The van der Waals surface area contributed by atoms with E-state index in [0.29, 0.717) is 17.5 Å². The highest BCUT2D eigenvalue weighted by molar-refractivity contribution is 7.80. The van der Waals surface area contributed by atoms with E-state index in [1.165, 1.54) is 19.3 Å². The third-order valence-electron chi connectivity index (χ3n) is 4.26. The number of thiocarbonyl (C=S) groups is 1. The molecule has 0 spiro atoms. The molecule has 4 nitrogen and oxygen atoms in total. The van der Waals surface area contributed by atoms with Crippen LogP contribution in [0.25, 0.3) is 0 Å². The summed E-state index contributed by atoms with van der Waals surface area (Å²) in [5.41, 5.74) is 5.83. The van der Waals surface area contributed by atoms with Gasteiger partial charge >= 0.3 is 0 Å². The third kappa shape index (κ3) is 4.14. The number of rotatable bonds is 4. The molecule has 2 aliphatic rings. The largest absolute Gasteiger partial charge is 0.392 e. The van der Waals surface area contributed by atoms with E-state index in [4.69, 9.17) is 22.7 Å². The van der Waals surface area contributed by atoms with Crippen LogP contribution in [-0.2, 0) is 9.53 Å². The number of hydrogen-bond acceptors (Lipinski definition) is 3. The van der Waals surface area contributed by atoms with Crippen molar-refractivity contribution in [2.24, 2.45) is 17.6 Å². The van der Waals surface area contributed by atoms with Gasteiger partial charge in [0.15, 0.2) is 0 Å². The average molecular weight is 284 g/mol. The predicted octanol–water partition coefficient (Wildman–Crippen LogP) is 1.76. The molecule has 2 rings (SSSR count). The molecule has 19 heavy (non-hydrogen) atoms. The molecule has 3 N–H and O–H groups in total. The Kier molecular flexibility index (Phi) is 5.58. The van der Waals surface area contributed by atoms with Crippen LogP contribution in [0.3, 0.4) is 0 Å². The summed E-state index contributed by atoms with van der Waals surface area (Å²) in [6.45, 7) is 1.30. The van der Waals surface area contributed by atoms with E-state index in [2.05, 4.69) is 5.32 Å². The molecule has 0 aromatic carbocycles. The number of nitrogens with two attached hydrogens (primary N) is 1. The molecule has 5 heteroatoms. The van der Waals surface area contributed by atoms with Crippen molar-refractivity contribution in [3.8, 4) is 0 Å². The minimum Gasteiger partial charge on any atom is -0.392 e. The molecular weight excluding hydrogens is 260 g/mol. The summed E-state index contributed by atoms with van der Waals surface area (Å²) in [5, 5.41) is 3.07. The second-order valence-corrected chi connectivity index (χ2v) is 6.17. The molecule has 108 valence electrons. The topological polar surface area (TPSA) is 64.3 Å². The number of carbonyl (C=O) groups excluding carboxylic acids is 1. The first-order valence-electron chi connectivity index (χ1n) is 7.36. The Hall–Kier alpha value is -0.680. The van der Waals surface area contributed by atoms with Gasteiger partial charge in [0.2, 0.25) is 5.91 Å². The lowest BCUT2D eigenvalue weighted by Gasteiger charge is -2.32. The number of amides is 1. The fraction of sp³-hybridized carbons (Fsp3) is 0.857. The van der Waals surface area contributed by atoms with Gasteiger partial charge in [-0.1, -0.05) is 31.5 Å². The Morgan fingerprint density at radius 3 is 2.53 bits per heavy atom. The van der Waals surface area contributed by atoms with Gasteiger partial charge < -0.3 is 15.8 Å². The maximum atomic E-state index is 12.2. The molecule has 2 atom stereocenters. The zero-order valence-corrected chi connectivity index (χ0v) is 12.2. The van der Waals surface area contributed by atoms with Gasteiger partial charge in [-0.15, -0.1) is 0 Å². The second-order valence-electron chi connectivity index (χ2n) is 5.70. The maximum absolute atomic E-state index is 12.2. The number of ether oxygens (including phenoxy) is 1. The molecule has 0 aromatic heterocycles. The normalized spacial score (nSPS) is 26.6. The minimum absolute atomic E-state index is 0.0332. The van der Waals surface area contributed by atoms with Crippen LogP contribution in [0.5, 0.6) is 0 Å². The monoisotopic (exact) mass is 284 g/mol. The molecule has 0 radical (unpaired) electrons. The number of hydrogen-bond donors (Lipinski definition) is 2. The van der Waals surface area contributed by atoms with Crippen molar-refractivity contribution in [3.63, 3.8) is 0 Å². The van der Waals surface area contributed by atoms with Gasteiger partial charge in [0, 0.05) is 6.61 Å². The summed E-state index contributed by atoms with van der Waals surface area (Å²) >= 11 is 5.15. The number of nitrogens with one attached hydrogen (secondary N) is 1. The SMILES string of the molecule is NC(=S)C(NC(=O)C1CCCOC1)C1CCCCC1. The smallest absolute Gasteiger partial charge is 0.226 e. The molecule has 1 amide bonds. The van der Waals surface area contributed by atoms with Gasteiger partial charge in [-0.2, -0.15) is 0 Å². The highest BCUT2D eigenvalue weighted by atomic mass is 32.1. The van der Waals surface area contributed by atoms with E-state index < -0.39 is 0 Å². The first-order valence-corrected chi connectivity index (χ1v) is 7.76. The van der Waals surface area contributed by atoms with Crippen LogP contribution in [0.4, 0.5) is 0 Å². The van der Waals surface area contributed by atoms with E-state index in [0.717, 1.165) is 32.3 Å². The standard InChI is InChI=1S/C14H24N2O2S/c15-13(19)12(10-5-2-1-3-6-10)16-14(17)11-7-4-8-18-9-11/h10-12H,1-9H2,(H2,15,19)(H,16,17). The van der Waals surface area contributed by atoms with Crippen molar-refractivity contribution >= 4 is 23.1 Å². The fourth-order valence-corrected chi connectivity index (χ4v) is 3.36. The van der Waals surface area contributed by atoms with Crippen LogP contribution in [0.15, 0.2) is 0 Å². The molecule has 0 aromatic rings. The van der Waals surface area contributed by atoms with Crippen molar-refractivity contribution in [2.45, 2.75) is 51.0 Å². The van der Waals surface area contributed by atoms with Gasteiger partial charge in [-0.25, -0.2) is 0 Å². The van der Waals surface area contributed by atoms with E-state index in [1.54, 1.807) is 0 Å². The molecule has 0 bridgehead atoms. The van der Waals surface area contributed by atoms with Crippen LogP contribution < -0.4 is 11.1 Å². The zero-order valence-electron chi connectivity index (χ0n) is 11.4. The summed E-state index contributed by atoms with van der Waals surface area (Å²) in [4.78, 5) is 12.7. The van der Waals surface area contributed by atoms with E-state index in [1.807, 2.05) is 0 Å². The van der Waals surface area contributed by atoms with Crippen LogP contribution in [0, 0.1) is 11.8 Å². The molecule has 1 aliphatic carbocycles. The molecule has 2 fully saturated rings. The lowest BCUT2D eigenvalue weighted by atomic mass is 9.83. The Morgan fingerprint density at radius 1 is 1.21 bits per heavy atom. The predicted molar refractivity (Wildman–Crippen MR) is 78.8 cm³/mol. The van der Waals surface area contributed by atoms with E-state index in [-0.39, 0.29) is 17.9 Å². The van der Waals surface area contributed by atoms with Crippen molar-refractivity contribution in [3.05, 3.63) is 0 Å². The van der Waals surface area contributed by atoms with Crippen LogP contribution in [-0.4, -0.2) is 30.2 Å². The Bertz CT molecular complexity index is 323. The van der Waals surface area contributed by atoms with Crippen LogP contribution in [0.1, 0.15) is 44.9 Å². The molecule has 1 aliphatic heterocycles. The summed E-state index contributed by atoms with van der Waals surface area (Å²) in [5.74, 6) is 0.442. The minimum atomic E-state index is -0.135. The quantitative estimate of drug-likeness (QED) is 0.772. The van der Waals surface area contributed by atoms with Crippen molar-refractivity contribution < 1.29 is 9.53 Å². The second kappa shape index (κ2) is 7.20. The average Bonchev–Trinajstić information content (AvgIpc) is 2.46. The Balaban J connectivity index is 1.91. The molecule has 2 unspecified atom stereocenters. The lowest BCUT2D eigenvalue weighted by molar-refractivity contribution is -0.129. The summed E-state index contributed by atoms with van der Waals surface area (Å²) in [7, 11) is 0. The van der Waals surface area contributed by atoms with Gasteiger partial charge in [-0.05, 0) is 31.6 Å². The van der Waals surface area contributed by atoms with E-state index >= 15 is 0 Å². The van der Waals surface area contributed by atoms with Gasteiger partial charge in [0.25, 0.3) is 0 Å². The first-order chi connectivity index (χ1) is 9.18. The lowest BCUT2D eigenvalue weighted by Crippen LogP contribution is -2.51. The van der Waals surface area contributed by atoms with Gasteiger partial charge in [0.05, 0.1) is 23.6 Å². The van der Waals surface area contributed by atoms with Gasteiger partial charge in [-0.3, -0.25) is 4.79 Å². The molecular formula is C14H24N2O2S. The van der Waals surface area contributed by atoms with E-state index in [9.17, 15) is 4.79 Å². The fourth-order valence-electron chi connectivity index (χ4n) is 3.11. The molecule has 1 saturated carbocycles. The highest BCUT2D eigenvalue weighted by Crippen LogP contribution is 2.27. The summed E-state index contributed by atoms with van der Waals surface area (Å²) < 4.78 is 5.37. The highest BCUT2D eigenvalue weighted by Gasteiger charge is 2.30. The maximum Gasteiger partial charge on any atom is 0.226 e. The summed E-state index contributed by atoms with van der Waals surface area (Å²) in [6.07, 6.45) is 7.80.